The van der Waals surface area contributed by atoms with Crippen LogP contribution in [0.3, 0.4) is 0 Å². The van der Waals surface area contributed by atoms with Crippen molar-refractivity contribution < 1.29 is 5.11 Å². The number of hydrogen-bond donors (Lipinski definition) is 1. The van der Waals surface area contributed by atoms with Crippen molar-refractivity contribution >= 4 is 0 Å². The van der Waals surface area contributed by atoms with Crippen molar-refractivity contribution in [1.82, 2.24) is 9.78 Å². The van der Waals surface area contributed by atoms with Gasteiger partial charge in [-0.2, -0.15) is 5.10 Å². The van der Waals surface area contributed by atoms with Gasteiger partial charge in [-0.3, -0.25) is 4.68 Å². The Bertz CT molecular complexity index is 333. The second kappa shape index (κ2) is 5.48. The van der Waals surface area contributed by atoms with Crippen LogP contribution in [0, 0.1) is 0 Å². The van der Waals surface area contributed by atoms with Crippen LogP contribution in [-0.2, 0) is 19.9 Å². The maximum absolute atomic E-state index is 10.4. The van der Waals surface area contributed by atoms with Crippen LogP contribution < -0.4 is 0 Å². The molecule has 0 aromatic carbocycles. The molecule has 0 saturated carbocycles. The predicted octanol–water partition coefficient (Wildman–Crippen LogP) is 2.47. The topological polar surface area (TPSA) is 38.1 Å². The first-order chi connectivity index (χ1) is 7.54. The molecule has 1 aromatic heterocycles. The SMILES string of the molecule is CCCC(O)(CC)Cc1cc(CC)nn1C. The van der Waals surface area contributed by atoms with E-state index in [1.54, 1.807) is 0 Å². The van der Waals surface area contributed by atoms with E-state index in [4.69, 9.17) is 0 Å². The lowest BCUT2D eigenvalue weighted by Crippen LogP contribution is -2.31. The summed E-state index contributed by atoms with van der Waals surface area (Å²) in [5, 5.41) is 14.9. The summed E-state index contributed by atoms with van der Waals surface area (Å²) in [6.45, 7) is 6.26. The van der Waals surface area contributed by atoms with E-state index < -0.39 is 5.60 Å². The van der Waals surface area contributed by atoms with Gasteiger partial charge < -0.3 is 5.11 Å². The van der Waals surface area contributed by atoms with Gasteiger partial charge in [0.15, 0.2) is 0 Å². The van der Waals surface area contributed by atoms with Gasteiger partial charge >= 0.3 is 0 Å². The summed E-state index contributed by atoms with van der Waals surface area (Å²) in [5.74, 6) is 0. The molecule has 0 spiro atoms. The standard InChI is InChI=1S/C13H24N2O/c1-5-8-13(16,7-3)10-12-9-11(6-2)14-15(12)4/h9,16H,5-8,10H2,1-4H3. The number of aromatic nitrogens is 2. The van der Waals surface area contributed by atoms with E-state index in [2.05, 4.69) is 25.0 Å². The molecule has 1 atom stereocenters. The van der Waals surface area contributed by atoms with Crippen LogP contribution in [0.1, 0.15) is 51.4 Å². The highest BCUT2D eigenvalue weighted by molar-refractivity contribution is 5.12. The molecule has 16 heavy (non-hydrogen) atoms. The Labute approximate surface area is 98.5 Å². The van der Waals surface area contributed by atoms with E-state index in [0.29, 0.717) is 6.42 Å². The molecule has 1 rings (SSSR count). The molecule has 0 fully saturated rings. The van der Waals surface area contributed by atoms with E-state index in [1.165, 1.54) is 0 Å². The lowest BCUT2D eigenvalue weighted by Gasteiger charge is -2.26. The minimum atomic E-state index is -0.562. The van der Waals surface area contributed by atoms with Crippen LogP contribution in [0.5, 0.6) is 0 Å². The van der Waals surface area contributed by atoms with Gasteiger partial charge in [0, 0.05) is 19.2 Å². The van der Waals surface area contributed by atoms with E-state index in [9.17, 15) is 5.11 Å². The summed E-state index contributed by atoms with van der Waals surface area (Å²) in [6, 6.07) is 2.11. The molecule has 0 aliphatic carbocycles. The minimum Gasteiger partial charge on any atom is -0.389 e. The molecule has 1 heterocycles. The first-order valence-electron chi connectivity index (χ1n) is 6.28. The normalized spacial score (nSPS) is 15.1. The van der Waals surface area contributed by atoms with Crippen molar-refractivity contribution in [3.63, 3.8) is 0 Å². The Morgan fingerprint density at radius 1 is 1.38 bits per heavy atom. The molecule has 3 nitrogen and oxygen atoms in total. The molecule has 0 aliphatic heterocycles. The molecule has 0 radical (unpaired) electrons. The lowest BCUT2D eigenvalue weighted by atomic mass is 9.90. The van der Waals surface area contributed by atoms with Gasteiger partial charge in [0.25, 0.3) is 0 Å². The molecular weight excluding hydrogens is 200 g/mol. The van der Waals surface area contributed by atoms with Crippen LogP contribution in [0.25, 0.3) is 0 Å². The number of aryl methyl sites for hydroxylation is 2. The summed E-state index contributed by atoms with van der Waals surface area (Å²) < 4.78 is 1.90. The summed E-state index contributed by atoms with van der Waals surface area (Å²) in [7, 11) is 1.95. The Hall–Kier alpha value is -0.830. The molecule has 3 heteroatoms. The van der Waals surface area contributed by atoms with Crippen molar-refractivity contribution in [2.75, 3.05) is 0 Å². The second-order valence-corrected chi connectivity index (χ2v) is 4.61. The Morgan fingerprint density at radius 2 is 2.06 bits per heavy atom. The largest absolute Gasteiger partial charge is 0.389 e. The van der Waals surface area contributed by atoms with Gasteiger partial charge in [0.1, 0.15) is 0 Å². The third kappa shape index (κ3) is 3.08. The Kier molecular flexibility index (Phi) is 4.54. The van der Waals surface area contributed by atoms with Crippen LogP contribution in [0.4, 0.5) is 0 Å². The third-order valence-electron chi connectivity index (χ3n) is 3.27. The molecule has 0 aliphatic rings. The molecular formula is C13H24N2O. The fourth-order valence-electron chi connectivity index (χ4n) is 2.10. The monoisotopic (exact) mass is 224 g/mol. The van der Waals surface area contributed by atoms with E-state index in [-0.39, 0.29) is 0 Å². The maximum Gasteiger partial charge on any atom is 0.0700 e. The highest BCUT2D eigenvalue weighted by Crippen LogP contribution is 2.23. The summed E-state index contributed by atoms with van der Waals surface area (Å²) in [4.78, 5) is 0. The van der Waals surface area contributed by atoms with Crippen molar-refractivity contribution in [3.05, 3.63) is 17.5 Å². The first-order valence-corrected chi connectivity index (χ1v) is 6.28. The van der Waals surface area contributed by atoms with Gasteiger partial charge in [-0.1, -0.05) is 27.2 Å². The first kappa shape index (κ1) is 13.2. The lowest BCUT2D eigenvalue weighted by molar-refractivity contribution is 0.0253. The molecule has 0 amide bonds. The molecule has 1 N–H and O–H groups in total. The minimum absolute atomic E-state index is 0.562. The highest BCUT2D eigenvalue weighted by Gasteiger charge is 2.25. The fraction of sp³-hybridized carbons (Fsp3) is 0.769. The van der Waals surface area contributed by atoms with E-state index in [0.717, 1.165) is 37.1 Å². The van der Waals surface area contributed by atoms with Crippen molar-refractivity contribution in [3.8, 4) is 0 Å². The maximum atomic E-state index is 10.4. The molecule has 1 aromatic rings. The predicted molar refractivity (Wildman–Crippen MR) is 66.4 cm³/mol. The second-order valence-electron chi connectivity index (χ2n) is 4.61. The van der Waals surface area contributed by atoms with Crippen molar-refractivity contribution in [1.29, 1.82) is 0 Å². The third-order valence-corrected chi connectivity index (χ3v) is 3.27. The van der Waals surface area contributed by atoms with Gasteiger partial charge in [0.05, 0.1) is 11.3 Å². The van der Waals surface area contributed by atoms with Gasteiger partial charge in [-0.05, 0) is 25.3 Å². The van der Waals surface area contributed by atoms with Crippen molar-refractivity contribution in [2.45, 2.75) is 58.5 Å². The quantitative estimate of drug-likeness (QED) is 0.806. The summed E-state index contributed by atoms with van der Waals surface area (Å²) >= 11 is 0. The van der Waals surface area contributed by atoms with Crippen LogP contribution in [-0.4, -0.2) is 20.5 Å². The van der Waals surface area contributed by atoms with Gasteiger partial charge in [0.2, 0.25) is 0 Å². The number of hydrogen-bond acceptors (Lipinski definition) is 2. The zero-order valence-corrected chi connectivity index (χ0v) is 11.0. The molecule has 0 saturated heterocycles. The number of aliphatic hydroxyl groups is 1. The highest BCUT2D eigenvalue weighted by atomic mass is 16.3. The van der Waals surface area contributed by atoms with Crippen LogP contribution in [0.15, 0.2) is 6.07 Å². The van der Waals surface area contributed by atoms with E-state index >= 15 is 0 Å². The fourth-order valence-corrected chi connectivity index (χ4v) is 2.10. The number of rotatable bonds is 6. The van der Waals surface area contributed by atoms with E-state index in [1.807, 2.05) is 18.7 Å². The summed E-state index contributed by atoms with van der Waals surface area (Å²) in [6.07, 6.45) is 4.33. The Morgan fingerprint density at radius 3 is 2.50 bits per heavy atom. The number of nitrogens with zero attached hydrogens (tertiary/aromatic N) is 2. The van der Waals surface area contributed by atoms with Crippen LogP contribution >= 0.6 is 0 Å². The zero-order valence-electron chi connectivity index (χ0n) is 11.0. The van der Waals surface area contributed by atoms with Crippen molar-refractivity contribution in [2.24, 2.45) is 7.05 Å². The average Bonchev–Trinajstić information content (AvgIpc) is 2.60. The van der Waals surface area contributed by atoms with Gasteiger partial charge in [-0.15, -0.1) is 0 Å². The van der Waals surface area contributed by atoms with Crippen LogP contribution in [0.2, 0.25) is 0 Å². The Balaban J connectivity index is 2.80. The molecule has 0 bridgehead atoms. The average molecular weight is 224 g/mol. The zero-order chi connectivity index (χ0) is 12.2. The summed E-state index contributed by atoms with van der Waals surface area (Å²) in [5.41, 5.74) is 1.68. The smallest absolute Gasteiger partial charge is 0.0700 e. The van der Waals surface area contributed by atoms with Gasteiger partial charge in [-0.25, -0.2) is 0 Å². The molecule has 92 valence electrons. The molecule has 1 unspecified atom stereocenters.